The van der Waals surface area contributed by atoms with Crippen molar-refractivity contribution in [2.75, 3.05) is 27.4 Å². The van der Waals surface area contributed by atoms with E-state index in [-0.39, 0.29) is 28.7 Å². The molecule has 1 saturated heterocycles. The third-order valence-electron chi connectivity index (χ3n) is 5.38. The van der Waals surface area contributed by atoms with E-state index in [4.69, 9.17) is 14.2 Å². The van der Waals surface area contributed by atoms with Crippen LogP contribution in [0, 0.1) is 0 Å². The van der Waals surface area contributed by atoms with Crippen LogP contribution in [0.5, 0.6) is 11.5 Å². The number of nitrogens with one attached hydrogen (secondary N) is 1. The quantitative estimate of drug-likeness (QED) is 0.314. The Hall–Kier alpha value is -2.93. The van der Waals surface area contributed by atoms with Crippen LogP contribution in [0.25, 0.3) is 0 Å². The van der Waals surface area contributed by atoms with Gasteiger partial charge in [0.2, 0.25) is 5.91 Å². The van der Waals surface area contributed by atoms with Gasteiger partial charge in [0, 0.05) is 12.7 Å². The summed E-state index contributed by atoms with van der Waals surface area (Å²) >= 11 is 1.33. The number of aryl methyl sites for hydroxylation is 1. The number of amidine groups is 1. The van der Waals surface area contributed by atoms with Crippen molar-refractivity contribution in [3.63, 3.8) is 0 Å². The van der Waals surface area contributed by atoms with Crippen LogP contribution in [-0.4, -0.2) is 43.7 Å². The smallest absolute Gasteiger partial charge is 0.416 e. The van der Waals surface area contributed by atoms with Crippen molar-refractivity contribution in [1.29, 1.82) is 0 Å². The van der Waals surface area contributed by atoms with Crippen molar-refractivity contribution in [1.82, 2.24) is 5.32 Å². The minimum atomic E-state index is -4.99. The number of methoxy groups -OCH3 is 2. The van der Waals surface area contributed by atoms with Gasteiger partial charge in [0.05, 0.1) is 36.6 Å². The molecular weight excluding hydrogens is 526 g/mol. The number of hydrogen-bond acceptors (Lipinski definition) is 6. The molecular formula is C24H24F6N2O4S. The molecule has 1 fully saturated rings. The van der Waals surface area contributed by atoms with Crippen LogP contribution in [0.2, 0.25) is 0 Å². The third kappa shape index (κ3) is 7.78. The highest BCUT2D eigenvalue weighted by Gasteiger charge is 2.38. The average molecular weight is 551 g/mol. The summed E-state index contributed by atoms with van der Waals surface area (Å²) in [6.07, 6.45) is -8.89. The molecule has 1 N–H and O–H groups in total. The number of nitrogens with zero attached hydrogens (tertiary/aromatic N) is 1. The van der Waals surface area contributed by atoms with Crippen LogP contribution in [0.1, 0.15) is 28.7 Å². The molecule has 0 bridgehead atoms. The fourth-order valence-corrected chi connectivity index (χ4v) is 4.49. The molecule has 0 spiro atoms. The zero-order chi connectivity index (χ0) is 27.2. The maximum atomic E-state index is 13.4. The summed E-state index contributed by atoms with van der Waals surface area (Å²) in [4.78, 5) is 16.4. The predicted octanol–water partition coefficient (Wildman–Crippen LogP) is 5.48. The molecule has 2 aromatic carbocycles. The lowest BCUT2D eigenvalue weighted by molar-refractivity contribution is -0.143. The van der Waals surface area contributed by atoms with Gasteiger partial charge in [-0.15, -0.1) is 0 Å². The Labute approximate surface area is 213 Å². The maximum absolute atomic E-state index is 13.4. The Morgan fingerprint density at radius 3 is 2.41 bits per heavy atom. The summed E-state index contributed by atoms with van der Waals surface area (Å²) in [5.41, 5.74) is -2.46. The SMILES string of the molecule is COCCN=C1NC(=O)C(CCc2ccc(OCc3ccc(C(F)(F)F)cc3C(F)(F)F)c(OC)c2)S1. The van der Waals surface area contributed by atoms with E-state index in [0.717, 1.165) is 11.6 Å². The molecule has 13 heteroatoms. The Balaban J connectivity index is 1.67. The van der Waals surface area contributed by atoms with Gasteiger partial charge < -0.3 is 19.5 Å². The number of ether oxygens (including phenoxy) is 3. The minimum absolute atomic E-state index is 0.0733. The van der Waals surface area contributed by atoms with E-state index in [0.29, 0.717) is 37.2 Å². The van der Waals surface area contributed by atoms with E-state index in [1.165, 1.54) is 24.9 Å². The fourth-order valence-electron chi connectivity index (χ4n) is 3.49. The predicted molar refractivity (Wildman–Crippen MR) is 126 cm³/mol. The molecule has 3 rings (SSSR count). The van der Waals surface area contributed by atoms with Crippen LogP contribution >= 0.6 is 11.8 Å². The number of aliphatic imine (C=N–C) groups is 1. The zero-order valence-corrected chi connectivity index (χ0v) is 20.6. The first-order valence-corrected chi connectivity index (χ1v) is 11.9. The molecule has 0 radical (unpaired) electrons. The Morgan fingerprint density at radius 1 is 1.00 bits per heavy atom. The lowest BCUT2D eigenvalue weighted by Crippen LogP contribution is -2.25. The molecule has 1 unspecified atom stereocenters. The molecule has 2 aromatic rings. The van der Waals surface area contributed by atoms with Crippen molar-refractivity contribution >= 4 is 22.8 Å². The van der Waals surface area contributed by atoms with Gasteiger partial charge in [-0.2, -0.15) is 26.3 Å². The van der Waals surface area contributed by atoms with Gasteiger partial charge in [-0.3, -0.25) is 9.79 Å². The van der Waals surface area contributed by atoms with E-state index in [2.05, 4.69) is 10.3 Å². The normalized spacial score (nSPS) is 17.2. The number of benzene rings is 2. The van der Waals surface area contributed by atoms with Crippen LogP contribution in [0.15, 0.2) is 41.4 Å². The molecule has 37 heavy (non-hydrogen) atoms. The van der Waals surface area contributed by atoms with E-state index in [1.807, 2.05) is 0 Å². The summed E-state index contributed by atoms with van der Waals surface area (Å²) in [6.45, 7) is 0.253. The highest BCUT2D eigenvalue weighted by Crippen LogP contribution is 2.38. The van der Waals surface area contributed by atoms with Crippen molar-refractivity contribution in [2.24, 2.45) is 4.99 Å². The first-order valence-electron chi connectivity index (χ1n) is 11.0. The largest absolute Gasteiger partial charge is 0.493 e. The molecule has 1 amide bonds. The lowest BCUT2D eigenvalue weighted by atomic mass is 10.0. The maximum Gasteiger partial charge on any atom is 0.416 e. The number of halogens is 6. The molecule has 202 valence electrons. The molecule has 1 aliphatic rings. The van der Waals surface area contributed by atoms with Crippen LogP contribution in [0.4, 0.5) is 26.3 Å². The monoisotopic (exact) mass is 550 g/mol. The highest BCUT2D eigenvalue weighted by molar-refractivity contribution is 8.15. The molecule has 1 heterocycles. The number of alkyl halides is 6. The number of thioether (sulfide) groups is 1. The minimum Gasteiger partial charge on any atom is -0.493 e. The van der Waals surface area contributed by atoms with E-state index >= 15 is 0 Å². The van der Waals surface area contributed by atoms with Gasteiger partial charge in [-0.1, -0.05) is 23.9 Å². The van der Waals surface area contributed by atoms with Crippen LogP contribution in [0.3, 0.4) is 0 Å². The van der Waals surface area contributed by atoms with Gasteiger partial charge in [0.1, 0.15) is 6.61 Å². The summed E-state index contributed by atoms with van der Waals surface area (Å²) in [7, 11) is 2.91. The van der Waals surface area contributed by atoms with E-state index in [9.17, 15) is 31.1 Å². The molecule has 1 aliphatic heterocycles. The summed E-state index contributed by atoms with van der Waals surface area (Å²) in [5.74, 6) is 0.216. The van der Waals surface area contributed by atoms with Crippen LogP contribution in [-0.2, 0) is 34.9 Å². The molecule has 6 nitrogen and oxygen atoms in total. The van der Waals surface area contributed by atoms with Crippen molar-refractivity contribution in [2.45, 2.75) is 37.1 Å². The standard InChI is InChI=1S/C24H24F6N2O4S/c1-34-10-9-31-22-32-21(33)20(37-22)8-4-14-3-7-18(19(11-14)35-2)36-13-15-5-6-16(23(25,26)27)12-17(15)24(28,29)30/h3,5-7,11-12,20H,4,8-10,13H2,1-2H3,(H,31,32,33). The number of hydrogen-bond donors (Lipinski definition) is 1. The van der Waals surface area contributed by atoms with Gasteiger partial charge in [-0.05, 0) is 42.7 Å². The van der Waals surface area contributed by atoms with E-state index < -0.39 is 35.6 Å². The van der Waals surface area contributed by atoms with Gasteiger partial charge in [-0.25, -0.2) is 0 Å². The van der Waals surface area contributed by atoms with E-state index in [1.54, 1.807) is 19.2 Å². The molecule has 0 aliphatic carbocycles. The first-order chi connectivity index (χ1) is 17.4. The van der Waals surface area contributed by atoms with Crippen LogP contribution < -0.4 is 14.8 Å². The average Bonchev–Trinajstić information content (AvgIpc) is 3.19. The number of carbonyl (C=O) groups excluding carboxylic acids is 1. The van der Waals surface area contributed by atoms with Gasteiger partial charge in [0.25, 0.3) is 0 Å². The summed E-state index contributed by atoms with van der Waals surface area (Å²) in [5, 5.41) is 2.93. The zero-order valence-electron chi connectivity index (χ0n) is 19.8. The Kier molecular flexibility index (Phi) is 9.35. The molecule has 0 aromatic heterocycles. The second kappa shape index (κ2) is 12.1. The lowest BCUT2D eigenvalue weighted by Gasteiger charge is -2.17. The summed E-state index contributed by atoms with van der Waals surface area (Å²) in [6, 6.07) is 6.23. The second-order valence-electron chi connectivity index (χ2n) is 7.96. The Bertz CT molecular complexity index is 1140. The Morgan fingerprint density at radius 2 is 1.76 bits per heavy atom. The second-order valence-corrected chi connectivity index (χ2v) is 9.15. The van der Waals surface area contributed by atoms with Crippen molar-refractivity contribution < 1.29 is 45.3 Å². The van der Waals surface area contributed by atoms with Gasteiger partial charge in [0.15, 0.2) is 16.7 Å². The number of carbonyl (C=O) groups is 1. The van der Waals surface area contributed by atoms with Crippen molar-refractivity contribution in [3.8, 4) is 11.5 Å². The summed E-state index contributed by atoms with van der Waals surface area (Å²) < 4.78 is 94.6. The fraction of sp³-hybridized carbons (Fsp3) is 0.417. The van der Waals surface area contributed by atoms with Gasteiger partial charge >= 0.3 is 12.4 Å². The number of rotatable bonds is 10. The third-order valence-corrected chi connectivity index (χ3v) is 6.57. The molecule has 1 atom stereocenters. The molecule has 0 saturated carbocycles. The number of amides is 1. The first kappa shape index (κ1) is 28.6. The van der Waals surface area contributed by atoms with Crippen molar-refractivity contribution in [3.05, 3.63) is 58.7 Å². The topological polar surface area (TPSA) is 69.2 Å². The highest BCUT2D eigenvalue weighted by atomic mass is 32.2.